The summed E-state index contributed by atoms with van der Waals surface area (Å²) in [6.07, 6.45) is 15.2. The molecular formula is C17H24N2O2. The fourth-order valence-corrected chi connectivity index (χ4v) is 3.24. The fourth-order valence-electron chi connectivity index (χ4n) is 3.24. The van der Waals surface area contributed by atoms with E-state index in [1.807, 2.05) is 0 Å². The molecule has 0 radical (unpaired) electrons. The van der Waals surface area contributed by atoms with Gasteiger partial charge < -0.3 is 10.6 Å². The number of hydrogen-bond acceptors (Lipinski definition) is 2. The number of amides is 2. The summed E-state index contributed by atoms with van der Waals surface area (Å²) in [6, 6.07) is 0.519. The molecule has 3 aliphatic carbocycles. The van der Waals surface area contributed by atoms with Gasteiger partial charge in [-0.25, -0.2) is 0 Å². The standard InChI is InChI=1S/C17H24N2O2/c20-16(18-12-7-3-1-4-8-12)14-11-15(14)17(21)19-13-9-5-2-6-10-13/h1-3,5,12-15H,4,6-11H2,(H,18,20)(H,19,21)/t12-,13-,14+,15+/m0/s1. The van der Waals surface area contributed by atoms with Crippen molar-refractivity contribution in [2.75, 3.05) is 0 Å². The second-order valence-electron chi connectivity index (χ2n) is 6.43. The number of allylic oxidation sites excluding steroid dienone is 2. The molecule has 0 bridgehead atoms. The third-order valence-electron chi connectivity index (χ3n) is 4.69. The molecule has 0 unspecified atom stereocenters. The summed E-state index contributed by atoms with van der Waals surface area (Å²) < 4.78 is 0. The Morgan fingerprint density at radius 2 is 1.24 bits per heavy atom. The first-order valence-corrected chi connectivity index (χ1v) is 8.15. The van der Waals surface area contributed by atoms with Crippen LogP contribution in [0, 0.1) is 11.8 Å². The summed E-state index contributed by atoms with van der Waals surface area (Å²) in [5, 5.41) is 6.18. The molecule has 4 heteroatoms. The van der Waals surface area contributed by atoms with Crippen molar-refractivity contribution in [3.05, 3.63) is 24.3 Å². The second kappa shape index (κ2) is 6.46. The van der Waals surface area contributed by atoms with Gasteiger partial charge in [0.1, 0.15) is 0 Å². The Kier molecular flexibility index (Phi) is 4.42. The fraction of sp³-hybridized carbons (Fsp3) is 0.647. The molecule has 0 saturated heterocycles. The Balaban J connectivity index is 1.42. The van der Waals surface area contributed by atoms with E-state index in [9.17, 15) is 9.59 Å². The van der Waals surface area contributed by atoms with Gasteiger partial charge in [0.25, 0.3) is 0 Å². The normalized spacial score (nSPS) is 34.3. The minimum Gasteiger partial charge on any atom is -0.353 e. The lowest BCUT2D eigenvalue weighted by molar-refractivity contribution is -0.128. The van der Waals surface area contributed by atoms with Gasteiger partial charge in [0, 0.05) is 12.1 Å². The highest BCUT2D eigenvalue weighted by Crippen LogP contribution is 2.39. The van der Waals surface area contributed by atoms with Crippen LogP contribution in [0.5, 0.6) is 0 Å². The molecule has 21 heavy (non-hydrogen) atoms. The van der Waals surface area contributed by atoms with Crippen LogP contribution in [0.4, 0.5) is 0 Å². The lowest BCUT2D eigenvalue weighted by Gasteiger charge is -2.20. The largest absolute Gasteiger partial charge is 0.353 e. The summed E-state index contributed by atoms with van der Waals surface area (Å²) in [6.45, 7) is 0. The van der Waals surface area contributed by atoms with Crippen molar-refractivity contribution in [2.45, 2.75) is 57.0 Å². The molecule has 2 N–H and O–H groups in total. The van der Waals surface area contributed by atoms with E-state index in [0.717, 1.165) is 38.5 Å². The molecule has 3 aliphatic rings. The van der Waals surface area contributed by atoms with Crippen molar-refractivity contribution in [3.63, 3.8) is 0 Å². The lowest BCUT2D eigenvalue weighted by Crippen LogP contribution is -2.39. The third-order valence-corrected chi connectivity index (χ3v) is 4.69. The van der Waals surface area contributed by atoms with Crippen LogP contribution < -0.4 is 10.6 Å². The van der Waals surface area contributed by atoms with Gasteiger partial charge in [-0.05, 0) is 44.9 Å². The quantitative estimate of drug-likeness (QED) is 0.778. The first-order chi connectivity index (χ1) is 10.2. The first-order valence-electron chi connectivity index (χ1n) is 8.15. The summed E-state index contributed by atoms with van der Waals surface area (Å²) in [7, 11) is 0. The van der Waals surface area contributed by atoms with Crippen molar-refractivity contribution >= 4 is 11.8 Å². The molecule has 0 spiro atoms. The Morgan fingerprint density at radius 3 is 1.62 bits per heavy atom. The van der Waals surface area contributed by atoms with Crippen molar-refractivity contribution in [1.29, 1.82) is 0 Å². The Bertz CT molecular complexity index is 427. The van der Waals surface area contributed by atoms with E-state index in [1.165, 1.54) is 0 Å². The van der Waals surface area contributed by atoms with Crippen LogP contribution in [0.25, 0.3) is 0 Å². The van der Waals surface area contributed by atoms with E-state index in [-0.39, 0.29) is 35.7 Å². The molecule has 0 heterocycles. The van der Waals surface area contributed by atoms with Gasteiger partial charge in [-0.1, -0.05) is 24.3 Å². The maximum Gasteiger partial charge on any atom is 0.224 e. The number of rotatable bonds is 4. The Labute approximate surface area is 126 Å². The van der Waals surface area contributed by atoms with Gasteiger partial charge in [-0.15, -0.1) is 0 Å². The minimum absolute atomic E-state index is 0.0685. The van der Waals surface area contributed by atoms with Gasteiger partial charge in [-0.2, -0.15) is 0 Å². The maximum absolute atomic E-state index is 12.2. The SMILES string of the molecule is O=C(N[C@H]1CC=CCC1)[C@@H]1C[C@H]1C(=O)N[C@H]1CC=CCC1. The molecule has 1 saturated carbocycles. The molecule has 1 fully saturated rings. The maximum atomic E-state index is 12.2. The highest BCUT2D eigenvalue weighted by molar-refractivity contribution is 5.92. The molecule has 0 aromatic rings. The van der Waals surface area contributed by atoms with Crippen LogP contribution in [0.15, 0.2) is 24.3 Å². The van der Waals surface area contributed by atoms with E-state index in [2.05, 4.69) is 34.9 Å². The smallest absolute Gasteiger partial charge is 0.224 e. The zero-order valence-corrected chi connectivity index (χ0v) is 12.4. The summed E-state index contributed by atoms with van der Waals surface area (Å²) in [5.74, 6) is -0.0666. The summed E-state index contributed by atoms with van der Waals surface area (Å²) in [4.78, 5) is 24.3. The van der Waals surface area contributed by atoms with Crippen molar-refractivity contribution in [1.82, 2.24) is 10.6 Å². The monoisotopic (exact) mass is 288 g/mol. The molecule has 0 aromatic heterocycles. The number of nitrogens with one attached hydrogen (secondary N) is 2. The number of carbonyl (C=O) groups is 2. The average molecular weight is 288 g/mol. The number of hydrogen-bond donors (Lipinski definition) is 2. The molecule has 4 atom stereocenters. The average Bonchev–Trinajstić information content (AvgIpc) is 3.30. The lowest BCUT2D eigenvalue weighted by atomic mass is 10.0. The zero-order chi connectivity index (χ0) is 14.7. The van der Waals surface area contributed by atoms with Crippen LogP contribution in [0.2, 0.25) is 0 Å². The molecule has 4 nitrogen and oxygen atoms in total. The predicted octanol–water partition coefficient (Wildman–Crippen LogP) is 2.07. The highest BCUT2D eigenvalue weighted by atomic mass is 16.2. The van der Waals surface area contributed by atoms with Crippen LogP contribution in [0.3, 0.4) is 0 Å². The minimum atomic E-state index is -0.102. The van der Waals surface area contributed by atoms with Crippen LogP contribution >= 0.6 is 0 Å². The molecular weight excluding hydrogens is 264 g/mol. The second-order valence-corrected chi connectivity index (χ2v) is 6.43. The topological polar surface area (TPSA) is 58.2 Å². The molecule has 114 valence electrons. The first kappa shape index (κ1) is 14.4. The van der Waals surface area contributed by atoms with Gasteiger partial charge >= 0.3 is 0 Å². The zero-order valence-electron chi connectivity index (χ0n) is 12.4. The van der Waals surface area contributed by atoms with E-state index >= 15 is 0 Å². The molecule has 3 rings (SSSR count). The molecule has 0 aliphatic heterocycles. The van der Waals surface area contributed by atoms with Crippen molar-refractivity contribution < 1.29 is 9.59 Å². The van der Waals surface area contributed by atoms with Crippen LogP contribution in [-0.4, -0.2) is 23.9 Å². The van der Waals surface area contributed by atoms with Gasteiger partial charge in [0.05, 0.1) is 11.8 Å². The van der Waals surface area contributed by atoms with Crippen LogP contribution in [0.1, 0.15) is 44.9 Å². The Hall–Kier alpha value is -1.58. The molecule has 2 amide bonds. The highest BCUT2D eigenvalue weighted by Gasteiger charge is 2.48. The van der Waals surface area contributed by atoms with Crippen molar-refractivity contribution in [2.24, 2.45) is 11.8 Å². The molecule has 0 aromatic carbocycles. The van der Waals surface area contributed by atoms with E-state index in [0.29, 0.717) is 6.42 Å². The van der Waals surface area contributed by atoms with Gasteiger partial charge in [0.15, 0.2) is 0 Å². The number of carbonyl (C=O) groups excluding carboxylic acids is 2. The van der Waals surface area contributed by atoms with E-state index < -0.39 is 0 Å². The van der Waals surface area contributed by atoms with Gasteiger partial charge in [-0.3, -0.25) is 9.59 Å². The van der Waals surface area contributed by atoms with E-state index in [4.69, 9.17) is 0 Å². The van der Waals surface area contributed by atoms with Crippen molar-refractivity contribution in [3.8, 4) is 0 Å². The Morgan fingerprint density at radius 1 is 0.762 bits per heavy atom. The summed E-state index contributed by atoms with van der Waals surface area (Å²) >= 11 is 0. The van der Waals surface area contributed by atoms with Crippen LogP contribution in [-0.2, 0) is 9.59 Å². The van der Waals surface area contributed by atoms with Gasteiger partial charge in [0.2, 0.25) is 11.8 Å². The predicted molar refractivity (Wildman–Crippen MR) is 81.4 cm³/mol. The third kappa shape index (κ3) is 3.74. The summed E-state index contributed by atoms with van der Waals surface area (Å²) in [5.41, 5.74) is 0. The van der Waals surface area contributed by atoms with E-state index in [1.54, 1.807) is 0 Å².